The molecular formula is C68H42. The third kappa shape index (κ3) is 5.81. The van der Waals surface area contributed by atoms with E-state index in [1.807, 2.05) is 0 Å². The minimum atomic E-state index is 1.19. The van der Waals surface area contributed by atoms with Gasteiger partial charge >= 0.3 is 0 Å². The van der Waals surface area contributed by atoms with Crippen LogP contribution in [0.4, 0.5) is 0 Å². The summed E-state index contributed by atoms with van der Waals surface area (Å²) in [6, 6.07) is 94.9. The fourth-order valence-corrected chi connectivity index (χ4v) is 11.7. The normalized spacial score (nSPS) is 11.8. The lowest BCUT2D eigenvalue weighted by molar-refractivity contribution is 1.57. The molecule has 14 aromatic carbocycles. The molecular weight excluding hydrogens is 817 g/mol. The zero-order chi connectivity index (χ0) is 44.7. The Labute approximate surface area is 395 Å². The van der Waals surface area contributed by atoms with E-state index in [1.165, 1.54) is 142 Å². The number of fused-ring (bicyclic) bond motifs is 6. The van der Waals surface area contributed by atoms with Gasteiger partial charge in [0.15, 0.2) is 0 Å². The predicted molar refractivity (Wildman–Crippen MR) is 293 cm³/mol. The summed E-state index contributed by atoms with van der Waals surface area (Å²) in [6.07, 6.45) is 0. The number of hydrogen-bond donors (Lipinski definition) is 0. The van der Waals surface area contributed by atoms with Crippen LogP contribution in [0.5, 0.6) is 0 Å². The summed E-state index contributed by atoms with van der Waals surface area (Å²) in [4.78, 5) is 0. The van der Waals surface area contributed by atoms with Crippen LogP contribution >= 0.6 is 0 Å². The molecule has 0 amide bonds. The molecule has 0 spiro atoms. The van der Waals surface area contributed by atoms with Crippen LogP contribution in [-0.4, -0.2) is 0 Å². The highest BCUT2D eigenvalue weighted by Crippen LogP contribution is 2.54. The second-order valence-electron chi connectivity index (χ2n) is 18.2. The second-order valence-corrected chi connectivity index (χ2v) is 18.2. The first-order valence-corrected chi connectivity index (χ1v) is 23.7. The first kappa shape index (κ1) is 38.4. The Balaban J connectivity index is 1.25. The zero-order valence-electron chi connectivity index (χ0n) is 37.2. The van der Waals surface area contributed by atoms with Gasteiger partial charge in [-0.3, -0.25) is 0 Å². The van der Waals surface area contributed by atoms with Crippen molar-refractivity contribution in [1.29, 1.82) is 0 Å². The lowest BCUT2D eigenvalue weighted by Gasteiger charge is -2.25. The Morgan fingerprint density at radius 3 is 0.721 bits per heavy atom. The Bertz CT molecular complexity index is 3960. The minimum absolute atomic E-state index is 1.19. The molecule has 0 nitrogen and oxygen atoms in total. The second kappa shape index (κ2) is 15.4. The smallest absolute Gasteiger partial charge is 0.000741 e. The maximum atomic E-state index is 2.52. The third-order valence-corrected chi connectivity index (χ3v) is 14.5. The van der Waals surface area contributed by atoms with E-state index in [4.69, 9.17) is 0 Å². The van der Waals surface area contributed by atoms with Gasteiger partial charge in [-0.15, -0.1) is 0 Å². The van der Waals surface area contributed by atoms with E-state index in [0.717, 1.165) is 0 Å². The largest absolute Gasteiger partial charge is 0.0622 e. The molecule has 68 heavy (non-hydrogen) atoms. The van der Waals surface area contributed by atoms with Gasteiger partial charge in [-0.05, 0) is 166 Å². The highest BCUT2D eigenvalue weighted by molar-refractivity contribution is 6.41. The van der Waals surface area contributed by atoms with Crippen molar-refractivity contribution in [3.63, 3.8) is 0 Å². The van der Waals surface area contributed by atoms with Crippen LogP contribution in [0.25, 0.3) is 142 Å². The SMILES string of the molecule is c1ccc(-c2c(-c3ccccc3)c(-c3ccccc3)c3cc4cc5c(-c6ccccc6)c6c7cccc8ccc9cccc(c6c(-c6ccccc6)c5cc4cc3c2-c2ccccc2)c9c87)cc1. The number of benzene rings is 14. The van der Waals surface area contributed by atoms with Gasteiger partial charge in [-0.2, -0.15) is 0 Å². The van der Waals surface area contributed by atoms with Crippen LogP contribution in [0.2, 0.25) is 0 Å². The molecule has 0 atom stereocenters. The maximum Gasteiger partial charge on any atom is -0.000741 e. The fourth-order valence-electron chi connectivity index (χ4n) is 11.7. The molecule has 0 saturated heterocycles. The predicted octanol–water partition coefficient (Wildman–Crippen LogP) is 19.2. The molecule has 0 fully saturated rings. The molecule has 0 heterocycles. The van der Waals surface area contributed by atoms with E-state index in [9.17, 15) is 0 Å². The first-order chi connectivity index (χ1) is 33.8. The van der Waals surface area contributed by atoms with Gasteiger partial charge in [0.25, 0.3) is 0 Å². The van der Waals surface area contributed by atoms with Gasteiger partial charge in [0, 0.05) is 0 Å². The average molecular weight is 859 g/mol. The van der Waals surface area contributed by atoms with Gasteiger partial charge in [0.05, 0.1) is 0 Å². The number of rotatable bonds is 6. The maximum absolute atomic E-state index is 2.52. The van der Waals surface area contributed by atoms with Crippen LogP contribution in [-0.2, 0) is 0 Å². The van der Waals surface area contributed by atoms with E-state index in [2.05, 4.69) is 255 Å². The van der Waals surface area contributed by atoms with Gasteiger partial charge in [-0.25, -0.2) is 0 Å². The fraction of sp³-hybridized carbons (Fsp3) is 0. The Hall–Kier alpha value is -8.84. The van der Waals surface area contributed by atoms with E-state index in [-0.39, 0.29) is 0 Å². The van der Waals surface area contributed by atoms with Crippen LogP contribution in [0.15, 0.2) is 255 Å². The van der Waals surface area contributed by atoms with Crippen molar-refractivity contribution >= 4 is 75.4 Å². The topological polar surface area (TPSA) is 0 Å². The van der Waals surface area contributed by atoms with Crippen LogP contribution < -0.4 is 0 Å². The lowest BCUT2D eigenvalue weighted by atomic mass is 9.77. The van der Waals surface area contributed by atoms with E-state index in [1.54, 1.807) is 0 Å². The van der Waals surface area contributed by atoms with Gasteiger partial charge in [0.1, 0.15) is 0 Å². The van der Waals surface area contributed by atoms with Crippen LogP contribution in [0.3, 0.4) is 0 Å². The molecule has 314 valence electrons. The molecule has 0 radical (unpaired) electrons. The van der Waals surface area contributed by atoms with Crippen molar-refractivity contribution < 1.29 is 0 Å². The Kier molecular flexibility index (Phi) is 8.69. The first-order valence-electron chi connectivity index (χ1n) is 23.7. The average Bonchev–Trinajstić information content (AvgIpc) is 3.41. The quantitative estimate of drug-likeness (QED) is 0.115. The molecule has 0 aliphatic rings. The molecule has 0 aliphatic heterocycles. The van der Waals surface area contributed by atoms with Crippen LogP contribution in [0.1, 0.15) is 0 Å². The molecule has 0 heteroatoms. The molecule has 0 aliphatic carbocycles. The van der Waals surface area contributed by atoms with Gasteiger partial charge in [-0.1, -0.05) is 231 Å². The Morgan fingerprint density at radius 2 is 0.412 bits per heavy atom. The highest BCUT2D eigenvalue weighted by Gasteiger charge is 2.27. The van der Waals surface area contributed by atoms with Gasteiger partial charge in [0.2, 0.25) is 0 Å². The molecule has 14 aromatic rings. The molecule has 0 bridgehead atoms. The molecule has 0 aromatic heterocycles. The van der Waals surface area contributed by atoms with E-state index < -0.39 is 0 Å². The lowest BCUT2D eigenvalue weighted by Crippen LogP contribution is -1.98. The van der Waals surface area contributed by atoms with E-state index >= 15 is 0 Å². The summed E-state index contributed by atoms with van der Waals surface area (Å²) in [7, 11) is 0. The molecule has 0 N–H and O–H groups in total. The summed E-state index contributed by atoms with van der Waals surface area (Å²) >= 11 is 0. The zero-order valence-corrected chi connectivity index (χ0v) is 37.2. The standard InChI is InChI=1S/C68H42/c1-7-21-43(22-8-1)61-55-39-51-41-57-58(42-52(51)40-56(55)62(44-23-9-2-10-24-44)66(48-31-17-6-18-32-48)65(61)47-29-15-5-16-30-47)64(46-27-13-4-14-28-46)68-54-36-20-34-50-38-37-49-33-19-35-53(59(49)60(50)54)67(68)63(57)45-25-11-3-12-26-45/h1-42H. The highest BCUT2D eigenvalue weighted by atomic mass is 14.3. The van der Waals surface area contributed by atoms with Crippen molar-refractivity contribution in [3.05, 3.63) is 255 Å². The van der Waals surface area contributed by atoms with Crippen molar-refractivity contribution in [3.8, 4) is 66.8 Å². The monoisotopic (exact) mass is 858 g/mol. The van der Waals surface area contributed by atoms with Crippen LogP contribution in [0, 0.1) is 0 Å². The van der Waals surface area contributed by atoms with Crippen molar-refractivity contribution in [1.82, 2.24) is 0 Å². The third-order valence-electron chi connectivity index (χ3n) is 14.5. The number of hydrogen-bond acceptors (Lipinski definition) is 0. The summed E-state index contributed by atoms with van der Waals surface area (Å²) in [5, 5.41) is 17.8. The van der Waals surface area contributed by atoms with Crippen molar-refractivity contribution in [2.24, 2.45) is 0 Å². The minimum Gasteiger partial charge on any atom is -0.0622 e. The van der Waals surface area contributed by atoms with Gasteiger partial charge < -0.3 is 0 Å². The molecule has 0 unspecified atom stereocenters. The van der Waals surface area contributed by atoms with Crippen molar-refractivity contribution in [2.75, 3.05) is 0 Å². The Morgan fingerprint density at radius 1 is 0.147 bits per heavy atom. The van der Waals surface area contributed by atoms with E-state index in [0.29, 0.717) is 0 Å². The van der Waals surface area contributed by atoms with Crippen molar-refractivity contribution in [2.45, 2.75) is 0 Å². The summed E-state index contributed by atoms with van der Waals surface area (Å²) in [5.41, 5.74) is 14.7. The summed E-state index contributed by atoms with van der Waals surface area (Å²) < 4.78 is 0. The summed E-state index contributed by atoms with van der Waals surface area (Å²) in [6.45, 7) is 0. The molecule has 14 rings (SSSR count). The summed E-state index contributed by atoms with van der Waals surface area (Å²) in [5.74, 6) is 0. The molecule has 0 saturated carbocycles.